The molecule has 178 valence electrons. The molecule has 0 saturated heterocycles. The first-order valence-corrected chi connectivity index (χ1v) is 10.0. The number of ether oxygens (including phenoxy) is 3. The molecule has 0 spiro atoms. The molecule has 0 bridgehead atoms. The van der Waals surface area contributed by atoms with E-state index >= 15 is 0 Å². The maximum absolute atomic E-state index is 13.0. The SMILES string of the molecule is CC[C@H](C)[C@H](NC(=O)OC(C)(C)C)C(=O)N[C@H](C(=O)NCC(=O)OC)[C@H](C)OC(C)=O. The first-order chi connectivity index (χ1) is 14.2. The topological polar surface area (TPSA) is 149 Å². The predicted octanol–water partition coefficient (Wildman–Crippen LogP) is 0.651. The molecule has 0 aliphatic carbocycles. The Morgan fingerprint density at radius 2 is 1.52 bits per heavy atom. The van der Waals surface area contributed by atoms with E-state index in [1.165, 1.54) is 6.92 Å². The molecule has 11 heteroatoms. The van der Waals surface area contributed by atoms with Crippen molar-refractivity contribution in [3.63, 3.8) is 0 Å². The fourth-order valence-corrected chi connectivity index (χ4v) is 2.45. The molecule has 0 aromatic rings. The predicted molar refractivity (Wildman–Crippen MR) is 111 cm³/mol. The molecule has 3 amide bonds. The summed E-state index contributed by atoms with van der Waals surface area (Å²) in [6, 6.07) is -2.33. The lowest BCUT2D eigenvalue weighted by Gasteiger charge is -2.29. The summed E-state index contributed by atoms with van der Waals surface area (Å²) in [6.07, 6.45) is -1.28. The fourth-order valence-electron chi connectivity index (χ4n) is 2.45. The Morgan fingerprint density at radius 1 is 0.935 bits per heavy atom. The molecule has 4 atom stereocenters. The van der Waals surface area contributed by atoms with Crippen LogP contribution in [0.3, 0.4) is 0 Å². The van der Waals surface area contributed by atoms with Crippen molar-refractivity contribution in [1.29, 1.82) is 0 Å². The summed E-state index contributed by atoms with van der Waals surface area (Å²) in [4.78, 5) is 60.3. The van der Waals surface area contributed by atoms with E-state index in [4.69, 9.17) is 9.47 Å². The fraction of sp³-hybridized carbons (Fsp3) is 0.750. The highest BCUT2D eigenvalue weighted by atomic mass is 16.6. The summed E-state index contributed by atoms with van der Waals surface area (Å²) in [7, 11) is 1.16. The van der Waals surface area contributed by atoms with Crippen molar-refractivity contribution in [1.82, 2.24) is 16.0 Å². The number of carbonyl (C=O) groups is 5. The van der Waals surface area contributed by atoms with Gasteiger partial charge in [0.05, 0.1) is 7.11 Å². The molecule has 3 N–H and O–H groups in total. The number of hydrogen-bond acceptors (Lipinski definition) is 8. The molecular weight excluding hydrogens is 410 g/mol. The van der Waals surface area contributed by atoms with Gasteiger partial charge in [-0.1, -0.05) is 20.3 Å². The Balaban J connectivity index is 5.53. The zero-order chi connectivity index (χ0) is 24.4. The van der Waals surface area contributed by atoms with Gasteiger partial charge in [0, 0.05) is 6.92 Å². The van der Waals surface area contributed by atoms with E-state index in [1.807, 2.05) is 6.92 Å². The van der Waals surface area contributed by atoms with E-state index in [9.17, 15) is 24.0 Å². The zero-order valence-corrected chi connectivity index (χ0v) is 19.5. The molecule has 0 aromatic heterocycles. The van der Waals surface area contributed by atoms with Crippen LogP contribution in [-0.2, 0) is 33.4 Å². The lowest BCUT2D eigenvalue weighted by molar-refractivity contribution is -0.151. The van der Waals surface area contributed by atoms with E-state index in [-0.39, 0.29) is 5.92 Å². The van der Waals surface area contributed by atoms with Crippen molar-refractivity contribution >= 4 is 29.8 Å². The van der Waals surface area contributed by atoms with Crippen LogP contribution in [0.25, 0.3) is 0 Å². The van der Waals surface area contributed by atoms with E-state index in [1.54, 1.807) is 27.7 Å². The maximum atomic E-state index is 13.0. The highest BCUT2D eigenvalue weighted by Crippen LogP contribution is 2.12. The summed E-state index contributed by atoms with van der Waals surface area (Å²) in [5.74, 6) is -3.07. The van der Waals surface area contributed by atoms with Gasteiger partial charge in [0.15, 0.2) is 0 Å². The number of methoxy groups -OCH3 is 1. The van der Waals surface area contributed by atoms with Crippen molar-refractivity contribution in [3.05, 3.63) is 0 Å². The first kappa shape index (κ1) is 28.1. The minimum absolute atomic E-state index is 0.296. The largest absolute Gasteiger partial charge is 0.468 e. The molecule has 0 rings (SSSR count). The summed E-state index contributed by atoms with van der Waals surface area (Å²) < 4.78 is 14.7. The molecule has 0 aromatic carbocycles. The monoisotopic (exact) mass is 445 g/mol. The van der Waals surface area contributed by atoms with Crippen molar-refractivity contribution in [3.8, 4) is 0 Å². The minimum Gasteiger partial charge on any atom is -0.468 e. The normalized spacial score (nSPS) is 14.8. The molecular formula is C20H35N3O8. The zero-order valence-electron chi connectivity index (χ0n) is 19.5. The highest BCUT2D eigenvalue weighted by Gasteiger charge is 2.34. The molecule has 31 heavy (non-hydrogen) atoms. The van der Waals surface area contributed by atoms with Gasteiger partial charge < -0.3 is 30.2 Å². The van der Waals surface area contributed by atoms with Gasteiger partial charge in [-0.15, -0.1) is 0 Å². The standard InChI is InChI=1S/C20H35N3O8/c1-9-11(2)15(23-19(28)31-20(5,6)7)18(27)22-16(12(3)30-13(4)24)17(26)21-10-14(25)29-8/h11-12,15-16H,9-10H2,1-8H3,(H,21,26)(H,22,27)(H,23,28)/t11-,12-,15-,16-/m0/s1. The Labute approximate surface area is 182 Å². The van der Waals surface area contributed by atoms with Crippen LogP contribution >= 0.6 is 0 Å². The van der Waals surface area contributed by atoms with E-state index in [2.05, 4.69) is 20.7 Å². The quantitative estimate of drug-likeness (QED) is 0.328. The Hall–Kier alpha value is -2.85. The van der Waals surface area contributed by atoms with Gasteiger partial charge in [0.25, 0.3) is 0 Å². The van der Waals surface area contributed by atoms with E-state index in [0.29, 0.717) is 6.42 Å². The number of amides is 3. The third-order valence-corrected chi connectivity index (χ3v) is 4.20. The summed E-state index contributed by atoms with van der Waals surface area (Å²) >= 11 is 0. The third-order valence-electron chi connectivity index (χ3n) is 4.20. The Bertz CT molecular complexity index is 659. The van der Waals surface area contributed by atoms with Crippen LogP contribution in [-0.4, -0.2) is 67.3 Å². The number of carbonyl (C=O) groups excluding carboxylic acids is 5. The maximum Gasteiger partial charge on any atom is 0.408 e. The van der Waals surface area contributed by atoms with Gasteiger partial charge in [-0.3, -0.25) is 19.2 Å². The van der Waals surface area contributed by atoms with Gasteiger partial charge >= 0.3 is 18.0 Å². The molecule has 0 aliphatic heterocycles. The van der Waals surface area contributed by atoms with Gasteiger partial charge in [-0.05, 0) is 33.6 Å². The van der Waals surface area contributed by atoms with Crippen LogP contribution in [0.15, 0.2) is 0 Å². The molecule has 0 fully saturated rings. The van der Waals surface area contributed by atoms with E-state index in [0.717, 1.165) is 14.0 Å². The Kier molecular flexibility index (Phi) is 11.6. The second-order valence-electron chi connectivity index (χ2n) is 8.10. The number of hydrogen-bond donors (Lipinski definition) is 3. The van der Waals surface area contributed by atoms with Crippen LogP contribution in [0, 0.1) is 5.92 Å². The third kappa shape index (κ3) is 11.2. The van der Waals surface area contributed by atoms with Gasteiger partial charge in [-0.25, -0.2) is 4.79 Å². The van der Waals surface area contributed by atoms with Crippen LogP contribution in [0.4, 0.5) is 4.79 Å². The number of rotatable bonds is 10. The van der Waals surface area contributed by atoms with Crippen molar-refractivity contribution in [2.75, 3.05) is 13.7 Å². The van der Waals surface area contributed by atoms with Crippen LogP contribution in [0.1, 0.15) is 54.9 Å². The molecule has 0 heterocycles. The van der Waals surface area contributed by atoms with Gasteiger partial charge in [-0.2, -0.15) is 0 Å². The highest BCUT2D eigenvalue weighted by molar-refractivity contribution is 5.93. The summed E-state index contributed by atoms with van der Waals surface area (Å²) in [5.41, 5.74) is -0.763. The average Bonchev–Trinajstić information content (AvgIpc) is 2.65. The second-order valence-corrected chi connectivity index (χ2v) is 8.10. The summed E-state index contributed by atoms with van der Waals surface area (Å²) in [6.45, 7) is 10.8. The lowest BCUT2D eigenvalue weighted by atomic mass is 9.97. The van der Waals surface area contributed by atoms with E-state index < -0.39 is 60.2 Å². The molecule has 0 unspecified atom stereocenters. The number of alkyl carbamates (subject to hydrolysis) is 1. The number of nitrogens with one attached hydrogen (secondary N) is 3. The Morgan fingerprint density at radius 3 is 1.97 bits per heavy atom. The molecule has 0 aliphatic rings. The molecule has 0 saturated carbocycles. The minimum atomic E-state index is -1.31. The van der Waals surface area contributed by atoms with Crippen molar-refractivity contribution < 1.29 is 38.2 Å². The van der Waals surface area contributed by atoms with Crippen LogP contribution in [0.2, 0.25) is 0 Å². The lowest BCUT2D eigenvalue weighted by Crippen LogP contribution is -2.59. The van der Waals surface area contributed by atoms with Gasteiger partial charge in [0.1, 0.15) is 30.3 Å². The summed E-state index contributed by atoms with van der Waals surface area (Å²) in [5, 5.41) is 7.33. The first-order valence-electron chi connectivity index (χ1n) is 10.0. The van der Waals surface area contributed by atoms with Crippen LogP contribution < -0.4 is 16.0 Å². The van der Waals surface area contributed by atoms with Crippen LogP contribution in [0.5, 0.6) is 0 Å². The van der Waals surface area contributed by atoms with Crippen molar-refractivity contribution in [2.45, 2.75) is 78.7 Å². The second kappa shape index (κ2) is 12.8. The number of esters is 2. The average molecular weight is 446 g/mol. The smallest absolute Gasteiger partial charge is 0.408 e. The van der Waals surface area contributed by atoms with Crippen molar-refractivity contribution in [2.24, 2.45) is 5.92 Å². The molecule has 0 radical (unpaired) electrons. The molecule has 11 nitrogen and oxygen atoms in total. The van der Waals surface area contributed by atoms with Gasteiger partial charge in [0.2, 0.25) is 11.8 Å².